The molecule has 90 valence electrons. The van der Waals surface area contributed by atoms with Crippen LogP contribution < -0.4 is 5.32 Å². The van der Waals surface area contributed by atoms with Crippen LogP contribution in [0, 0.1) is 13.8 Å². The van der Waals surface area contributed by atoms with Crippen LogP contribution in [0.5, 0.6) is 0 Å². The second kappa shape index (κ2) is 6.66. The SMILES string of the molecule is CNC(CCc1cc(C)ccc1C)COC. The van der Waals surface area contributed by atoms with Crippen molar-refractivity contribution >= 4 is 0 Å². The van der Waals surface area contributed by atoms with E-state index in [0.29, 0.717) is 6.04 Å². The van der Waals surface area contributed by atoms with Gasteiger partial charge in [-0.2, -0.15) is 0 Å². The Morgan fingerprint density at radius 3 is 2.69 bits per heavy atom. The van der Waals surface area contributed by atoms with Crippen LogP contribution in [0.25, 0.3) is 0 Å². The average molecular weight is 221 g/mol. The molecule has 0 saturated carbocycles. The lowest BCUT2D eigenvalue weighted by molar-refractivity contribution is 0.166. The van der Waals surface area contributed by atoms with Gasteiger partial charge in [0.25, 0.3) is 0 Å². The monoisotopic (exact) mass is 221 g/mol. The van der Waals surface area contributed by atoms with E-state index >= 15 is 0 Å². The van der Waals surface area contributed by atoms with Crippen LogP contribution in [0.1, 0.15) is 23.1 Å². The third-order valence-electron chi connectivity index (χ3n) is 3.04. The summed E-state index contributed by atoms with van der Waals surface area (Å²) in [6.45, 7) is 5.11. The summed E-state index contributed by atoms with van der Waals surface area (Å²) in [7, 11) is 3.75. The summed E-state index contributed by atoms with van der Waals surface area (Å²) < 4.78 is 5.17. The molecule has 0 fully saturated rings. The van der Waals surface area contributed by atoms with Gasteiger partial charge in [0.1, 0.15) is 0 Å². The molecular weight excluding hydrogens is 198 g/mol. The van der Waals surface area contributed by atoms with Crippen LogP contribution in [0.2, 0.25) is 0 Å². The fourth-order valence-corrected chi connectivity index (χ4v) is 1.91. The Hall–Kier alpha value is -0.860. The van der Waals surface area contributed by atoms with Gasteiger partial charge in [0.05, 0.1) is 6.61 Å². The minimum absolute atomic E-state index is 0.449. The van der Waals surface area contributed by atoms with Crippen LogP contribution >= 0.6 is 0 Å². The number of likely N-dealkylation sites (N-methyl/N-ethyl adjacent to an activating group) is 1. The Kier molecular flexibility index (Phi) is 5.50. The first-order chi connectivity index (χ1) is 7.67. The third-order valence-corrected chi connectivity index (χ3v) is 3.04. The maximum absolute atomic E-state index is 5.17. The molecule has 1 aromatic rings. The molecule has 0 aliphatic carbocycles. The Morgan fingerprint density at radius 1 is 1.31 bits per heavy atom. The standard InChI is InChI=1S/C14H23NO/c1-11-5-6-12(2)13(9-11)7-8-14(15-3)10-16-4/h5-6,9,14-15H,7-8,10H2,1-4H3. The van der Waals surface area contributed by atoms with Gasteiger partial charge in [-0.25, -0.2) is 0 Å². The first-order valence-electron chi connectivity index (χ1n) is 5.89. The smallest absolute Gasteiger partial charge is 0.0615 e. The number of nitrogens with one attached hydrogen (secondary N) is 1. The number of methoxy groups -OCH3 is 1. The fraction of sp³-hybridized carbons (Fsp3) is 0.571. The van der Waals surface area contributed by atoms with Crippen LogP contribution in [0.15, 0.2) is 18.2 Å². The van der Waals surface area contributed by atoms with E-state index < -0.39 is 0 Å². The molecule has 0 aliphatic rings. The highest BCUT2D eigenvalue weighted by molar-refractivity contribution is 5.30. The predicted octanol–water partition coefficient (Wildman–Crippen LogP) is 2.47. The number of rotatable bonds is 6. The van der Waals surface area contributed by atoms with Crippen LogP contribution in [-0.4, -0.2) is 26.8 Å². The van der Waals surface area contributed by atoms with Crippen molar-refractivity contribution in [3.05, 3.63) is 34.9 Å². The molecular formula is C14H23NO. The van der Waals surface area contributed by atoms with Crippen molar-refractivity contribution in [2.45, 2.75) is 32.7 Å². The second-order valence-electron chi connectivity index (χ2n) is 4.41. The van der Waals surface area contributed by atoms with Gasteiger partial charge >= 0.3 is 0 Å². The highest BCUT2D eigenvalue weighted by Crippen LogP contribution is 2.13. The molecule has 2 heteroatoms. The first-order valence-corrected chi connectivity index (χ1v) is 5.89. The second-order valence-corrected chi connectivity index (χ2v) is 4.41. The zero-order chi connectivity index (χ0) is 12.0. The van der Waals surface area contributed by atoms with Crippen molar-refractivity contribution in [1.29, 1.82) is 0 Å². The summed E-state index contributed by atoms with van der Waals surface area (Å²) >= 11 is 0. The molecule has 0 radical (unpaired) electrons. The van der Waals surface area contributed by atoms with Gasteiger partial charge in [-0.15, -0.1) is 0 Å². The lowest BCUT2D eigenvalue weighted by Crippen LogP contribution is -2.30. The molecule has 2 nitrogen and oxygen atoms in total. The summed E-state index contributed by atoms with van der Waals surface area (Å²) in [5.74, 6) is 0. The van der Waals surface area contributed by atoms with Crippen LogP contribution in [0.4, 0.5) is 0 Å². The summed E-state index contributed by atoms with van der Waals surface area (Å²) in [6, 6.07) is 7.11. The highest BCUT2D eigenvalue weighted by atomic mass is 16.5. The summed E-state index contributed by atoms with van der Waals surface area (Å²) in [6.07, 6.45) is 2.23. The van der Waals surface area contributed by atoms with Gasteiger partial charge in [0, 0.05) is 13.2 Å². The van der Waals surface area contributed by atoms with E-state index in [9.17, 15) is 0 Å². The van der Waals surface area contributed by atoms with Gasteiger partial charge in [-0.1, -0.05) is 23.8 Å². The molecule has 1 atom stereocenters. The number of ether oxygens (including phenoxy) is 1. The highest BCUT2D eigenvalue weighted by Gasteiger charge is 2.07. The normalized spacial score (nSPS) is 12.8. The van der Waals surface area contributed by atoms with Crippen molar-refractivity contribution in [2.75, 3.05) is 20.8 Å². The summed E-state index contributed by atoms with van der Waals surface area (Å²) in [4.78, 5) is 0. The van der Waals surface area contributed by atoms with Crippen LogP contribution in [-0.2, 0) is 11.2 Å². The van der Waals surface area contributed by atoms with E-state index in [1.807, 2.05) is 7.05 Å². The molecule has 0 aromatic heterocycles. The molecule has 0 heterocycles. The van der Waals surface area contributed by atoms with Gasteiger partial charge in [-0.05, 0) is 44.9 Å². The molecule has 0 bridgehead atoms. The largest absolute Gasteiger partial charge is 0.383 e. The Bertz CT molecular complexity index is 323. The van der Waals surface area contributed by atoms with Gasteiger partial charge < -0.3 is 10.1 Å². The quantitative estimate of drug-likeness (QED) is 0.797. The summed E-state index contributed by atoms with van der Waals surface area (Å²) in [5.41, 5.74) is 4.18. The minimum atomic E-state index is 0.449. The first kappa shape index (κ1) is 13.2. The Labute approximate surface area is 99.0 Å². The molecule has 16 heavy (non-hydrogen) atoms. The number of hydrogen-bond acceptors (Lipinski definition) is 2. The zero-order valence-corrected chi connectivity index (χ0v) is 10.8. The van der Waals surface area contributed by atoms with Crippen molar-refractivity contribution in [3.8, 4) is 0 Å². The number of aryl methyl sites for hydroxylation is 3. The third kappa shape index (κ3) is 3.95. The van der Waals surface area contributed by atoms with Crippen LogP contribution in [0.3, 0.4) is 0 Å². The topological polar surface area (TPSA) is 21.3 Å². The molecule has 0 spiro atoms. The maximum Gasteiger partial charge on any atom is 0.0615 e. The molecule has 1 unspecified atom stereocenters. The van der Waals surface area contributed by atoms with Crippen molar-refractivity contribution in [2.24, 2.45) is 0 Å². The van der Waals surface area contributed by atoms with Gasteiger partial charge in [0.15, 0.2) is 0 Å². The molecule has 1 aromatic carbocycles. The Morgan fingerprint density at radius 2 is 2.06 bits per heavy atom. The maximum atomic E-state index is 5.17. The zero-order valence-electron chi connectivity index (χ0n) is 10.8. The molecule has 1 N–H and O–H groups in total. The van der Waals surface area contributed by atoms with E-state index in [1.165, 1.54) is 16.7 Å². The van der Waals surface area contributed by atoms with E-state index in [-0.39, 0.29) is 0 Å². The van der Waals surface area contributed by atoms with Gasteiger partial charge in [0.2, 0.25) is 0 Å². The van der Waals surface area contributed by atoms with E-state index in [1.54, 1.807) is 7.11 Å². The van der Waals surface area contributed by atoms with E-state index in [4.69, 9.17) is 4.74 Å². The van der Waals surface area contributed by atoms with Crippen molar-refractivity contribution < 1.29 is 4.74 Å². The Balaban J connectivity index is 2.55. The summed E-state index contributed by atoms with van der Waals surface area (Å²) in [5, 5.41) is 3.28. The molecule has 0 saturated heterocycles. The lowest BCUT2D eigenvalue weighted by Gasteiger charge is -2.15. The fourth-order valence-electron chi connectivity index (χ4n) is 1.91. The molecule has 1 rings (SSSR count). The number of hydrogen-bond donors (Lipinski definition) is 1. The van der Waals surface area contributed by atoms with E-state index in [0.717, 1.165) is 19.4 Å². The average Bonchev–Trinajstić information content (AvgIpc) is 2.28. The number of benzene rings is 1. The van der Waals surface area contributed by atoms with Gasteiger partial charge in [-0.3, -0.25) is 0 Å². The molecule has 0 aliphatic heterocycles. The van der Waals surface area contributed by atoms with E-state index in [2.05, 4.69) is 37.4 Å². The van der Waals surface area contributed by atoms with Crippen molar-refractivity contribution in [3.63, 3.8) is 0 Å². The predicted molar refractivity (Wildman–Crippen MR) is 69.0 cm³/mol. The lowest BCUT2D eigenvalue weighted by atomic mass is 9.99. The minimum Gasteiger partial charge on any atom is -0.383 e. The molecule has 0 amide bonds. The van der Waals surface area contributed by atoms with Crippen molar-refractivity contribution in [1.82, 2.24) is 5.32 Å².